The molecule has 0 unspecified atom stereocenters. The standard InChI is InChI=1S/C14H10N2O/c1-2-4-12(5-3-1)14-16-13(10-17-14)11-6-8-15-9-7-11/h1-10H. The topological polar surface area (TPSA) is 38.9 Å². The van der Waals surface area contributed by atoms with Crippen molar-refractivity contribution in [3.63, 3.8) is 0 Å². The van der Waals surface area contributed by atoms with Crippen molar-refractivity contribution in [1.29, 1.82) is 0 Å². The van der Waals surface area contributed by atoms with E-state index in [0.29, 0.717) is 5.89 Å². The number of benzene rings is 1. The monoisotopic (exact) mass is 222 g/mol. The first-order chi connectivity index (χ1) is 8.43. The molecule has 0 spiro atoms. The van der Waals surface area contributed by atoms with Gasteiger partial charge >= 0.3 is 0 Å². The first-order valence-corrected chi connectivity index (χ1v) is 5.35. The number of oxazole rings is 1. The number of pyridine rings is 1. The van der Waals surface area contributed by atoms with Gasteiger partial charge in [0.1, 0.15) is 12.0 Å². The Kier molecular flexibility index (Phi) is 2.43. The molecule has 0 atom stereocenters. The molecule has 17 heavy (non-hydrogen) atoms. The zero-order chi connectivity index (χ0) is 11.5. The summed E-state index contributed by atoms with van der Waals surface area (Å²) in [6.45, 7) is 0. The quantitative estimate of drug-likeness (QED) is 0.667. The third-order valence-corrected chi connectivity index (χ3v) is 2.50. The van der Waals surface area contributed by atoms with Crippen molar-refractivity contribution < 1.29 is 4.42 Å². The van der Waals surface area contributed by atoms with E-state index in [-0.39, 0.29) is 0 Å². The Hall–Kier alpha value is -2.42. The molecule has 3 heteroatoms. The normalized spacial score (nSPS) is 10.4. The summed E-state index contributed by atoms with van der Waals surface area (Å²) in [5.41, 5.74) is 2.81. The van der Waals surface area contributed by atoms with Crippen LogP contribution in [-0.4, -0.2) is 9.97 Å². The Labute approximate surface area is 98.8 Å². The number of hydrogen-bond acceptors (Lipinski definition) is 3. The van der Waals surface area contributed by atoms with Crippen LogP contribution < -0.4 is 0 Å². The largest absolute Gasteiger partial charge is 0.444 e. The molecule has 0 aliphatic carbocycles. The molecular formula is C14H10N2O. The molecule has 0 bridgehead atoms. The van der Waals surface area contributed by atoms with E-state index in [0.717, 1.165) is 16.8 Å². The highest BCUT2D eigenvalue weighted by molar-refractivity contribution is 5.62. The van der Waals surface area contributed by atoms with E-state index in [1.165, 1.54) is 0 Å². The number of rotatable bonds is 2. The molecule has 2 aromatic heterocycles. The summed E-state index contributed by atoms with van der Waals surface area (Å²) in [5.74, 6) is 0.636. The predicted octanol–water partition coefficient (Wildman–Crippen LogP) is 3.40. The van der Waals surface area contributed by atoms with Crippen LogP contribution >= 0.6 is 0 Å². The Balaban J connectivity index is 1.99. The van der Waals surface area contributed by atoms with Gasteiger partial charge in [-0.1, -0.05) is 18.2 Å². The fraction of sp³-hybridized carbons (Fsp3) is 0. The minimum absolute atomic E-state index is 0.636. The highest BCUT2D eigenvalue weighted by Crippen LogP contribution is 2.23. The van der Waals surface area contributed by atoms with E-state index in [2.05, 4.69) is 9.97 Å². The summed E-state index contributed by atoms with van der Waals surface area (Å²) >= 11 is 0. The lowest BCUT2D eigenvalue weighted by Crippen LogP contribution is -1.79. The van der Waals surface area contributed by atoms with Gasteiger partial charge in [0.15, 0.2) is 0 Å². The third kappa shape index (κ3) is 1.95. The van der Waals surface area contributed by atoms with Crippen LogP contribution in [0.25, 0.3) is 22.7 Å². The molecule has 0 amide bonds. The van der Waals surface area contributed by atoms with E-state index < -0.39 is 0 Å². The second kappa shape index (κ2) is 4.22. The summed E-state index contributed by atoms with van der Waals surface area (Å²) in [7, 11) is 0. The minimum Gasteiger partial charge on any atom is -0.444 e. The first-order valence-electron chi connectivity index (χ1n) is 5.35. The second-order valence-corrected chi connectivity index (χ2v) is 3.64. The van der Waals surface area contributed by atoms with Crippen LogP contribution in [0.2, 0.25) is 0 Å². The molecular weight excluding hydrogens is 212 g/mol. The molecule has 0 fully saturated rings. The molecule has 0 saturated heterocycles. The lowest BCUT2D eigenvalue weighted by molar-refractivity contribution is 0.575. The van der Waals surface area contributed by atoms with Crippen LogP contribution in [0.1, 0.15) is 0 Å². The highest BCUT2D eigenvalue weighted by Gasteiger charge is 2.07. The van der Waals surface area contributed by atoms with Gasteiger partial charge in [-0.15, -0.1) is 0 Å². The number of aromatic nitrogens is 2. The lowest BCUT2D eigenvalue weighted by Gasteiger charge is -1.93. The molecule has 3 rings (SSSR count). The predicted molar refractivity (Wildman–Crippen MR) is 65.2 cm³/mol. The molecule has 2 heterocycles. The van der Waals surface area contributed by atoms with Crippen molar-refractivity contribution >= 4 is 0 Å². The molecule has 0 aliphatic rings. The lowest BCUT2D eigenvalue weighted by atomic mass is 10.2. The number of hydrogen-bond donors (Lipinski definition) is 0. The molecule has 1 aromatic carbocycles. The van der Waals surface area contributed by atoms with Crippen molar-refractivity contribution in [3.05, 3.63) is 61.1 Å². The summed E-state index contributed by atoms with van der Waals surface area (Å²) in [4.78, 5) is 8.43. The van der Waals surface area contributed by atoms with Gasteiger partial charge in [-0.3, -0.25) is 4.98 Å². The van der Waals surface area contributed by atoms with E-state index in [1.807, 2.05) is 42.5 Å². The van der Waals surface area contributed by atoms with Crippen LogP contribution in [0.3, 0.4) is 0 Å². The second-order valence-electron chi connectivity index (χ2n) is 3.64. The van der Waals surface area contributed by atoms with Crippen LogP contribution in [-0.2, 0) is 0 Å². The molecule has 0 saturated carbocycles. The molecule has 3 nitrogen and oxygen atoms in total. The van der Waals surface area contributed by atoms with E-state index in [1.54, 1.807) is 18.7 Å². The fourth-order valence-corrected chi connectivity index (χ4v) is 1.64. The maximum atomic E-state index is 5.47. The van der Waals surface area contributed by atoms with E-state index >= 15 is 0 Å². The first kappa shape index (κ1) is 9.78. The Morgan fingerprint density at radius 3 is 2.35 bits per heavy atom. The fourth-order valence-electron chi connectivity index (χ4n) is 1.64. The van der Waals surface area contributed by atoms with E-state index in [9.17, 15) is 0 Å². The highest BCUT2D eigenvalue weighted by atomic mass is 16.3. The van der Waals surface area contributed by atoms with Crippen LogP contribution in [0.15, 0.2) is 65.5 Å². The molecule has 3 aromatic rings. The van der Waals surface area contributed by atoms with Crippen molar-refractivity contribution in [2.45, 2.75) is 0 Å². The van der Waals surface area contributed by atoms with Gasteiger partial charge < -0.3 is 4.42 Å². The zero-order valence-electron chi connectivity index (χ0n) is 9.08. The summed E-state index contributed by atoms with van der Waals surface area (Å²) < 4.78 is 5.47. The SMILES string of the molecule is c1ccc(-c2nc(-c3ccncc3)co2)cc1. The maximum Gasteiger partial charge on any atom is 0.226 e. The van der Waals surface area contributed by atoms with E-state index in [4.69, 9.17) is 4.42 Å². The molecule has 82 valence electrons. The van der Waals surface area contributed by atoms with Crippen LogP contribution in [0, 0.1) is 0 Å². The summed E-state index contributed by atoms with van der Waals surface area (Å²) in [6.07, 6.45) is 5.15. The van der Waals surface area contributed by atoms with Gasteiger partial charge in [-0.05, 0) is 24.3 Å². The van der Waals surface area contributed by atoms with Gasteiger partial charge in [0.2, 0.25) is 5.89 Å². The average Bonchev–Trinajstić information content (AvgIpc) is 2.90. The average molecular weight is 222 g/mol. The van der Waals surface area contributed by atoms with Crippen molar-refractivity contribution in [2.24, 2.45) is 0 Å². The Morgan fingerprint density at radius 2 is 1.59 bits per heavy atom. The van der Waals surface area contributed by atoms with Gasteiger partial charge in [0.05, 0.1) is 0 Å². The summed E-state index contributed by atoms with van der Waals surface area (Å²) in [6, 6.07) is 13.7. The third-order valence-electron chi connectivity index (χ3n) is 2.50. The van der Waals surface area contributed by atoms with Crippen molar-refractivity contribution in [1.82, 2.24) is 9.97 Å². The zero-order valence-corrected chi connectivity index (χ0v) is 9.08. The summed E-state index contributed by atoms with van der Waals surface area (Å²) in [5, 5.41) is 0. The molecule has 0 radical (unpaired) electrons. The Bertz CT molecular complexity index is 548. The van der Waals surface area contributed by atoms with Crippen LogP contribution in [0.5, 0.6) is 0 Å². The maximum absolute atomic E-state index is 5.47. The van der Waals surface area contributed by atoms with Gasteiger partial charge in [0, 0.05) is 23.5 Å². The van der Waals surface area contributed by atoms with Gasteiger partial charge in [-0.25, -0.2) is 4.98 Å². The Morgan fingerprint density at radius 1 is 0.824 bits per heavy atom. The van der Waals surface area contributed by atoms with Crippen LogP contribution in [0.4, 0.5) is 0 Å². The van der Waals surface area contributed by atoms with Gasteiger partial charge in [-0.2, -0.15) is 0 Å². The smallest absolute Gasteiger partial charge is 0.226 e. The molecule has 0 N–H and O–H groups in total. The van der Waals surface area contributed by atoms with Gasteiger partial charge in [0.25, 0.3) is 0 Å². The minimum atomic E-state index is 0.636. The van der Waals surface area contributed by atoms with Crippen molar-refractivity contribution in [3.8, 4) is 22.7 Å². The number of nitrogens with zero attached hydrogens (tertiary/aromatic N) is 2. The van der Waals surface area contributed by atoms with Crippen molar-refractivity contribution in [2.75, 3.05) is 0 Å². The molecule has 0 aliphatic heterocycles.